The summed E-state index contributed by atoms with van der Waals surface area (Å²) in [4.78, 5) is 2.52. The van der Waals surface area contributed by atoms with Crippen LogP contribution in [0.15, 0.2) is 30.3 Å². The van der Waals surface area contributed by atoms with Crippen LogP contribution in [0.5, 0.6) is 0 Å². The third-order valence-corrected chi connectivity index (χ3v) is 3.72. The second-order valence-electron chi connectivity index (χ2n) is 5.18. The lowest BCUT2D eigenvalue weighted by atomic mass is 10.0. The molecular formula is C15H24N2. The smallest absolute Gasteiger partial charge is 0.0236 e. The Balaban J connectivity index is 1.85. The molecule has 1 aromatic rings. The average molecular weight is 232 g/mol. The molecule has 17 heavy (non-hydrogen) atoms. The lowest BCUT2D eigenvalue weighted by Gasteiger charge is -2.38. The number of likely N-dealkylation sites (N-methyl/N-ethyl adjacent to an activating group) is 1. The molecule has 0 bridgehead atoms. The number of hydrogen-bond donors (Lipinski definition) is 1. The van der Waals surface area contributed by atoms with E-state index in [1.807, 2.05) is 0 Å². The Hall–Kier alpha value is -0.860. The summed E-state index contributed by atoms with van der Waals surface area (Å²) in [5.41, 5.74) is 1.44. The fraction of sp³-hybridized carbons (Fsp3) is 0.600. The maximum atomic E-state index is 3.69. The summed E-state index contributed by atoms with van der Waals surface area (Å²) < 4.78 is 0. The van der Waals surface area contributed by atoms with Gasteiger partial charge in [0.1, 0.15) is 0 Å². The molecule has 0 spiro atoms. The molecule has 2 atom stereocenters. The molecule has 1 N–H and O–H groups in total. The predicted molar refractivity (Wildman–Crippen MR) is 73.3 cm³/mol. The predicted octanol–water partition coefficient (Wildman–Crippen LogP) is 2.30. The fourth-order valence-electron chi connectivity index (χ4n) is 2.71. The lowest BCUT2D eigenvalue weighted by Crippen LogP contribution is -2.55. The van der Waals surface area contributed by atoms with Crippen molar-refractivity contribution in [1.29, 1.82) is 0 Å². The molecule has 0 radical (unpaired) electrons. The van der Waals surface area contributed by atoms with Crippen LogP contribution >= 0.6 is 0 Å². The molecule has 0 amide bonds. The highest BCUT2D eigenvalue weighted by Gasteiger charge is 2.24. The lowest BCUT2D eigenvalue weighted by molar-refractivity contribution is 0.154. The first-order chi connectivity index (χ1) is 8.29. The molecule has 2 unspecified atom stereocenters. The molecule has 1 aliphatic heterocycles. The molecule has 2 nitrogen and oxygen atoms in total. The van der Waals surface area contributed by atoms with Crippen LogP contribution < -0.4 is 5.32 Å². The van der Waals surface area contributed by atoms with Crippen LogP contribution in [0.2, 0.25) is 0 Å². The maximum Gasteiger partial charge on any atom is 0.0236 e. The van der Waals surface area contributed by atoms with E-state index in [2.05, 4.69) is 54.5 Å². The molecule has 1 aliphatic rings. The number of piperazine rings is 1. The highest BCUT2D eigenvalue weighted by molar-refractivity contribution is 5.16. The highest BCUT2D eigenvalue weighted by atomic mass is 15.2. The van der Waals surface area contributed by atoms with Crippen molar-refractivity contribution in [3.8, 4) is 0 Å². The Morgan fingerprint density at radius 1 is 1.29 bits per heavy atom. The van der Waals surface area contributed by atoms with Gasteiger partial charge in [0.05, 0.1) is 0 Å². The topological polar surface area (TPSA) is 15.3 Å². The minimum absolute atomic E-state index is 0.607. The standard InChI is InChI=1S/C15H24N2/c1-3-7-15-11-16-14(12-17(15)2)10-13-8-5-4-6-9-13/h4-6,8-9,14-16H,3,7,10-12H2,1-2H3. The van der Waals surface area contributed by atoms with Gasteiger partial charge in [-0.25, -0.2) is 0 Å². The first-order valence-electron chi connectivity index (χ1n) is 6.77. The highest BCUT2D eigenvalue weighted by Crippen LogP contribution is 2.13. The van der Waals surface area contributed by atoms with Gasteiger partial charge in [-0.05, 0) is 25.5 Å². The number of hydrogen-bond acceptors (Lipinski definition) is 2. The Labute approximate surface area is 105 Å². The van der Waals surface area contributed by atoms with Crippen molar-refractivity contribution in [3.63, 3.8) is 0 Å². The van der Waals surface area contributed by atoms with Crippen molar-refractivity contribution in [2.24, 2.45) is 0 Å². The third kappa shape index (κ3) is 3.55. The molecule has 2 heteroatoms. The summed E-state index contributed by atoms with van der Waals surface area (Å²) in [5, 5.41) is 3.69. The van der Waals surface area contributed by atoms with Gasteiger partial charge in [0.2, 0.25) is 0 Å². The zero-order chi connectivity index (χ0) is 12.1. The number of rotatable bonds is 4. The van der Waals surface area contributed by atoms with Crippen LogP contribution in [0.4, 0.5) is 0 Å². The summed E-state index contributed by atoms with van der Waals surface area (Å²) in [7, 11) is 2.26. The molecule has 0 aromatic heterocycles. The van der Waals surface area contributed by atoms with Crippen molar-refractivity contribution < 1.29 is 0 Å². The van der Waals surface area contributed by atoms with Crippen molar-refractivity contribution in [2.45, 2.75) is 38.3 Å². The normalized spacial score (nSPS) is 26.0. The van der Waals surface area contributed by atoms with Crippen molar-refractivity contribution in [1.82, 2.24) is 10.2 Å². The minimum Gasteiger partial charge on any atom is -0.311 e. The summed E-state index contributed by atoms with van der Waals surface area (Å²) in [6, 6.07) is 12.1. The Morgan fingerprint density at radius 3 is 2.71 bits per heavy atom. The van der Waals surface area contributed by atoms with Gasteiger partial charge >= 0.3 is 0 Å². The quantitative estimate of drug-likeness (QED) is 0.857. The summed E-state index contributed by atoms with van der Waals surface area (Å²) >= 11 is 0. The minimum atomic E-state index is 0.607. The summed E-state index contributed by atoms with van der Waals surface area (Å²) in [5.74, 6) is 0. The number of nitrogens with zero attached hydrogens (tertiary/aromatic N) is 1. The zero-order valence-electron chi connectivity index (χ0n) is 11.0. The molecular weight excluding hydrogens is 208 g/mol. The van der Waals surface area contributed by atoms with Crippen LogP contribution in [0.3, 0.4) is 0 Å². The number of benzene rings is 1. The second kappa shape index (κ2) is 6.18. The Morgan fingerprint density at radius 2 is 2.06 bits per heavy atom. The fourth-order valence-corrected chi connectivity index (χ4v) is 2.71. The van der Waals surface area contributed by atoms with Crippen LogP contribution in [-0.2, 0) is 6.42 Å². The average Bonchev–Trinajstić information content (AvgIpc) is 2.34. The molecule has 0 saturated carbocycles. The zero-order valence-corrected chi connectivity index (χ0v) is 11.0. The van der Waals surface area contributed by atoms with Gasteiger partial charge in [-0.2, -0.15) is 0 Å². The number of nitrogens with one attached hydrogen (secondary N) is 1. The first kappa shape index (κ1) is 12.6. The largest absolute Gasteiger partial charge is 0.311 e. The van der Waals surface area contributed by atoms with Crippen molar-refractivity contribution in [3.05, 3.63) is 35.9 Å². The summed E-state index contributed by atoms with van der Waals surface area (Å²) in [6.07, 6.45) is 3.73. The van der Waals surface area contributed by atoms with E-state index in [0.29, 0.717) is 6.04 Å². The van der Waals surface area contributed by atoms with Gasteiger partial charge in [-0.1, -0.05) is 43.7 Å². The van der Waals surface area contributed by atoms with Gasteiger partial charge in [0, 0.05) is 25.2 Å². The first-order valence-corrected chi connectivity index (χ1v) is 6.77. The van der Waals surface area contributed by atoms with Gasteiger partial charge < -0.3 is 10.2 Å². The van der Waals surface area contributed by atoms with E-state index in [1.54, 1.807) is 0 Å². The van der Waals surface area contributed by atoms with E-state index in [9.17, 15) is 0 Å². The molecule has 1 aromatic carbocycles. The van der Waals surface area contributed by atoms with Crippen LogP contribution in [0, 0.1) is 0 Å². The van der Waals surface area contributed by atoms with E-state index in [0.717, 1.165) is 19.0 Å². The molecule has 2 rings (SSSR count). The maximum absolute atomic E-state index is 3.69. The molecule has 94 valence electrons. The van der Waals surface area contributed by atoms with Crippen LogP contribution in [0.1, 0.15) is 25.3 Å². The monoisotopic (exact) mass is 232 g/mol. The van der Waals surface area contributed by atoms with Gasteiger partial charge in [0.25, 0.3) is 0 Å². The van der Waals surface area contributed by atoms with E-state index in [-0.39, 0.29) is 0 Å². The molecule has 1 heterocycles. The molecule has 0 aliphatic carbocycles. The van der Waals surface area contributed by atoms with Crippen molar-refractivity contribution in [2.75, 3.05) is 20.1 Å². The Kier molecular flexibility index (Phi) is 4.57. The van der Waals surface area contributed by atoms with Crippen LogP contribution in [-0.4, -0.2) is 37.1 Å². The third-order valence-electron chi connectivity index (χ3n) is 3.72. The van der Waals surface area contributed by atoms with E-state index in [1.165, 1.54) is 24.9 Å². The molecule has 1 fully saturated rings. The van der Waals surface area contributed by atoms with Gasteiger partial charge in [0.15, 0.2) is 0 Å². The van der Waals surface area contributed by atoms with Gasteiger partial charge in [-0.3, -0.25) is 0 Å². The van der Waals surface area contributed by atoms with E-state index < -0.39 is 0 Å². The van der Waals surface area contributed by atoms with Crippen molar-refractivity contribution >= 4 is 0 Å². The van der Waals surface area contributed by atoms with Crippen LogP contribution in [0.25, 0.3) is 0 Å². The second-order valence-corrected chi connectivity index (χ2v) is 5.18. The van der Waals surface area contributed by atoms with E-state index in [4.69, 9.17) is 0 Å². The molecule has 1 saturated heterocycles. The Bertz CT molecular complexity index is 323. The van der Waals surface area contributed by atoms with Gasteiger partial charge in [-0.15, -0.1) is 0 Å². The van der Waals surface area contributed by atoms with E-state index >= 15 is 0 Å². The SMILES string of the molecule is CCCC1CNC(Cc2ccccc2)CN1C. The summed E-state index contributed by atoms with van der Waals surface area (Å²) in [6.45, 7) is 4.57.